The van der Waals surface area contributed by atoms with Crippen molar-refractivity contribution in [3.05, 3.63) is 48.0 Å². The van der Waals surface area contributed by atoms with Crippen LogP contribution in [0.25, 0.3) is 11.1 Å². The van der Waals surface area contributed by atoms with E-state index in [1.54, 1.807) is 12.1 Å². The minimum atomic E-state index is -4.76. The van der Waals surface area contributed by atoms with E-state index in [1.165, 1.54) is 30.3 Å². The Hall–Kier alpha value is -2.70. The van der Waals surface area contributed by atoms with E-state index in [0.717, 1.165) is 0 Å². The molecule has 0 saturated heterocycles. The fourth-order valence-corrected chi connectivity index (χ4v) is 1.84. The quantitative estimate of drug-likeness (QED) is 0.855. The van der Waals surface area contributed by atoms with Gasteiger partial charge in [0.15, 0.2) is 0 Å². The molecule has 0 aliphatic carbocycles. The second-order valence-corrected chi connectivity index (χ2v) is 4.24. The van der Waals surface area contributed by atoms with Crippen molar-refractivity contribution in [2.45, 2.75) is 6.36 Å². The molecule has 0 heterocycles. The van der Waals surface area contributed by atoms with Crippen LogP contribution in [0.1, 0.15) is 10.4 Å². The minimum absolute atomic E-state index is 0.154. The number of hydrogen-bond donors (Lipinski definition) is 2. The van der Waals surface area contributed by atoms with Crippen LogP contribution < -0.4 is 16.2 Å². The number of rotatable bonds is 3. The topological polar surface area (TPSA) is 78.3 Å². The molecule has 0 saturated carbocycles. The first-order chi connectivity index (χ1) is 9.76. The fraction of sp³-hybridized carbons (Fsp3) is 0.0714. The second kappa shape index (κ2) is 5.35. The van der Waals surface area contributed by atoms with Crippen molar-refractivity contribution in [1.29, 1.82) is 0 Å². The van der Waals surface area contributed by atoms with Gasteiger partial charge in [-0.15, -0.1) is 13.2 Å². The number of carbonyl (C=O) groups is 1. The molecule has 110 valence electrons. The van der Waals surface area contributed by atoms with Crippen LogP contribution in [0.4, 0.5) is 18.9 Å². The highest BCUT2D eigenvalue weighted by atomic mass is 19.4. The molecule has 2 aromatic rings. The third kappa shape index (κ3) is 3.65. The number of alkyl halides is 3. The van der Waals surface area contributed by atoms with E-state index in [2.05, 4.69) is 4.74 Å². The lowest BCUT2D eigenvalue weighted by atomic mass is 10.0. The van der Waals surface area contributed by atoms with Gasteiger partial charge in [-0.1, -0.05) is 18.2 Å². The maximum Gasteiger partial charge on any atom is 0.573 e. The monoisotopic (exact) mass is 296 g/mol. The van der Waals surface area contributed by atoms with Gasteiger partial charge in [0.25, 0.3) is 5.91 Å². The van der Waals surface area contributed by atoms with Crippen LogP contribution in [-0.2, 0) is 0 Å². The van der Waals surface area contributed by atoms with E-state index in [0.29, 0.717) is 11.1 Å². The third-order valence-electron chi connectivity index (χ3n) is 2.72. The van der Waals surface area contributed by atoms with E-state index in [-0.39, 0.29) is 17.0 Å². The van der Waals surface area contributed by atoms with Crippen LogP contribution in [0.5, 0.6) is 5.75 Å². The van der Waals surface area contributed by atoms with E-state index in [1.807, 2.05) is 0 Å². The lowest BCUT2D eigenvalue weighted by Crippen LogP contribution is -2.17. The number of nitrogen functional groups attached to an aromatic ring is 1. The van der Waals surface area contributed by atoms with Crippen LogP contribution in [-0.4, -0.2) is 12.3 Å². The summed E-state index contributed by atoms with van der Waals surface area (Å²) >= 11 is 0. The minimum Gasteiger partial charge on any atom is -0.406 e. The molecular formula is C14H11F3N2O2. The largest absolute Gasteiger partial charge is 0.573 e. The average molecular weight is 296 g/mol. The van der Waals surface area contributed by atoms with Crippen molar-refractivity contribution in [1.82, 2.24) is 0 Å². The average Bonchev–Trinajstić information content (AvgIpc) is 2.36. The van der Waals surface area contributed by atoms with Crippen LogP contribution >= 0.6 is 0 Å². The molecule has 0 fully saturated rings. The van der Waals surface area contributed by atoms with Gasteiger partial charge in [0.1, 0.15) is 5.75 Å². The molecule has 2 rings (SSSR count). The zero-order chi connectivity index (χ0) is 15.6. The van der Waals surface area contributed by atoms with Gasteiger partial charge < -0.3 is 16.2 Å². The Morgan fingerprint density at radius 2 is 1.71 bits per heavy atom. The van der Waals surface area contributed by atoms with Crippen molar-refractivity contribution in [2.75, 3.05) is 5.73 Å². The highest BCUT2D eigenvalue weighted by Crippen LogP contribution is 2.29. The molecular weight excluding hydrogens is 285 g/mol. The number of amides is 1. The maximum absolute atomic E-state index is 12.2. The molecule has 0 radical (unpaired) electrons. The van der Waals surface area contributed by atoms with Gasteiger partial charge in [-0.05, 0) is 35.4 Å². The first kappa shape index (κ1) is 14.7. The maximum atomic E-state index is 12.2. The number of halogens is 3. The molecule has 0 spiro atoms. The van der Waals surface area contributed by atoms with Crippen molar-refractivity contribution in [2.24, 2.45) is 5.73 Å². The highest BCUT2D eigenvalue weighted by Gasteiger charge is 2.31. The number of nitrogens with two attached hydrogens (primary N) is 2. The van der Waals surface area contributed by atoms with E-state index in [9.17, 15) is 18.0 Å². The lowest BCUT2D eigenvalue weighted by molar-refractivity contribution is -0.274. The van der Waals surface area contributed by atoms with Crippen LogP contribution in [0.3, 0.4) is 0 Å². The van der Waals surface area contributed by atoms with Gasteiger partial charge in [-0.2, -0.15) is 0 Å². The Morgan fingerprint density at radius 3 is 2.29 bits per heavy atom. The number of hydrogen-bond acceptors (Lipinski definition) is 3. The molecule has 0 aliphatic heterocycles. The molecule has 1 amide bonds. The van der Waals surface area contributed by atoms with Gasteiger partial charge in [0.05, 0.1) is 5.56 Å². The van der Waals surface area contributed by atoms with E-state index < -0.39 is 12.3 Å². The van der Waals surface area contributed by atoms with Crippen LogP contribution in [0.2, 0.25) is 0 Å². The SMILES string of the molecule is NC(=O)c1ccc(-c2cccc(OC(F)(F)F)c2)cc1N. The Labute approximate surface area is 118 Å². The summed E-state index contributed by atoms with van der Waals surface area (Å²) in [5.74, 6) is -1.01. The van der Waals surface area contributed by atoms with Crippen molar-refractivity contribution < 1.29 is 22.7 Å². The zero-order valence-corrected chi connectivity index (χ0v) is 10.6. The molecule has 4 nitrogen and oxygen atoms in total. The first-order valence-corrected chi connectivity index (χ1v) is 5.82. The standard InChI is InChI=1S/C14H11F3N2O2/c15-14(16,17)21-10-3-1-2-8(6-10)9-4-5-11(13(19)20)12(18)7-9/h1-7H,18H2,(H2,19,20). The third-order valence-corrected chi connectivity index (χ3v) is 2.72. The summed E-state index contributed by atoms with van der Waals surface area (Å²) in [5.41, 5.74) is 12.1. The summed E-state index contributed by atoms with van der Waals surface area (Å²) in [6, 6.07) is 9.88. The number of primary amides is 1. The van der Waals surface area contributed by atoms with Gasteiger partial charge in [0.2, 0.25) is 0 Å². The summed E-state index contributed by atoms with van der Waals surface area (Å²) < 4.78 is 40.4. The Morgan fingerprint density at radius 1 is 1.05 bits per heavy atom. The Balaban J connectivity index is 2.36. The summed E-state index contributed by atoms with van der Waals surface area (Å²) in [6.07, 6.45) is -4.76. The van der Waals surface area contributed by atoms with Crippen molar-refractivity contribution in [3.8, 4) is 16.9 Å². The smallest absolute Gasteiger partial charge is 0.406 e. The lowest BCUT2D eigenvalue weighted by Gasteiger charge is -2.11. The summed E-state index contributed by atoms with van der Waals surface area (Å²) in [5, 5.41) is 0. The molecule has 0 aromatic heterocycles. The van der Waals surface area contributed by atoms with Crippen LogP contribution in [0, 0.1) is 0 Å². The van der Waals surface area contributed by atoms with Gasteiger partial charge >= 0.3 is 6.36 Å². The Kier molecular flexibility index (Phi) is 3.75. The second-order valence-electron chi connectivity index (χ2n) is 4.24. The molecule has 0 aliphatic rings. The summed E-state index contributed by atoms with van der Waals surface area (Å²) in [6.45, 7) is 0. The zero-order valence-electron chi connectivity index (χ0n) is 10.6. The van der Waals surface area contributed by atoms with Crippen molar-refractivity contribution >= 4 is 11.6 Å². The molecule has 4 N–H and O–H groups in total. The molecule has 7 heteroatoms. The van der Waals surface area contributed by atoms with Crippen LogP contribution in [0.15, 0.2) is 42.5 Å². The Bertz CT molecular complexity index is 684. The van der Waals surface area contributed by atoms with Crippen molar-refractivity contribution in [3.63, 3.8) is 0 Å². The summed E-state index contributed by atoms with van der Waals surface area (Å²) in [4.78, 5) is 11.1. The molecule has 21 heavy (non-hydrogen) atoms. The number of ether oxygens (including phenoxy) is 1. The van der Waals surface area contributed by atoms with Gasteiger partial charge in [-0.25, -0.2) is 0 Å². The number of carbonyl (C=O) groups excluding carboxylic acids is 1. The molecule has 0 unspecified atom stereocenters. The first-order valence-electron chi connectivity index (χ1n) is 5.82. The predicted octanol–water partition coefficient (Wildman–Crippen LogP) is 2.93. The molecule has 2 aromatic carbocycles. The summed E-state index contributed by atoms with van der Waals surface area (Å²) in [7, 11) is 0. The van der Waals surface area contributed by atoms with Gasteiger partial charge in [0, 0.05) is 5.69 Å². The highest BCUT2D eigenvalue weighted by molar-refractivity contribution is 5.98. The molecule has 0 atom stereocenters. The van der Waals surface area contributed by atoms with Gasteiger partial charge in [-0.3, -0.25) is 4.79 Å². The predicted molar refractivity (Wildman–Crippen MR) is 71.5 cm³/mol. The number of anilines is 1. The van der Waals surface area contributed by atoms with E-state index >= 15 is 0 Å². The fourth-order valence-electron chi connectivity index (χ4n) is 1.84. The normalized spacial score (nSPS) is 11.2. The van der Waals surface area contributed by atoms with E-state index in [4.69, 9.17) is 11.5 Å². The number of benzene rings is 2. The molecule has 0 bridgehead atoms.